The largest absolute Gasteiger partial charge is 0.357 e. The van der Waals surface area contributed by atoms with Gasteiger partial charge < -0.3 is 4.74 Å². The Labute approximate surface area is 143 Å². The van der Waals surface area contributed by atoms with Crippen molar-refractivity contribution in [3.05, 3.63) is 108 Å². The summed E-state index contributed by atoms with van der Waals surface area (Å²) in [5.41, 5.74) is 3.84. The van der Waals surface area contributed by atoms with E-state index in [4.69, 9.17) is 4.74 Å². The molecule has 0 saturated carbocycles. The molecule has 0 aromatic heterocycles. The van der Waals surface area contributed by atoms with E-state index >= 15 is 0 Å². The smallest absolute Gasteiger partial charge is 0.137 e. The van der Waals surface area contributed by atoms with Gasteiger partial charge in [-0.05, 0) is 16.7 Å². The summed E-state index contributed by atoms with van der Waals surface area (Å²) in [4.78, 5) is 2.46. The van der Waals surface area contributed by atoms with Gasteiger partial charge >= 0.3 is 0 Å². The molecule has 0 unspecified atom stereocenters. The van der Waals surface area contributed by atoms with Crippen LogP contribution < -0.4 is 0 Å². The molecule has 2 nitrogen and oxygen atoms in total. The normalized spacial score (nSPS) is 21.0. The molecule has 0 N–H and O–H groups in total. The van der Waals surface area contributed by atoms with Gasteiger partial charge in [0.05, 0.1) is 12.6 Å². The lowest BCUT2D eigenvalue weighted by molar-refractivity contribution is 0.0246. The topological polar surface area (TPSA) is 12.5 Å². The van der Waals surface area contributed by atoms with Gasteiger partial charge in [0.1, 0.15) is 6.23 Å². The van der Waals surface area contributed by atoms with Crippen molar-refractivity contribution in [2.24, 2.45) is 0 Å². The highest BCUT2D eigenvalue weighted by Gasteiger charge is 2.36. The summed E-state index contributed by atoms with van der Waals surface area (Å²) >= 11 is 0. The van der Waals surface area contributed by atoms with E-state index in [1.54, 1.807) is 0 Å². The lowest BCUT2D eigenvalue weighted by Gasteiger charge is -2.28. The molecule has 0 bridgehead atoms. The number of hydrogen-bond acceptors (Lipinski definition) is 2. The Bertz CT molecular complexity index is 710. The SMILES string of the molecule is c1ccc(CN2[C@H](c3ccccc3)CO[C@H]2c2ccccc2)cc1. The Kier molecular flexibility index (Phi) is 4.41. The minimum absolute atomic E-state index is 0.00314. The van der Waals surface area contributed by atoms with Crippen molar-refractivity contribution < 1.29 is 4.74 Å². The average Bonchev–Trinajstić information content (AvgIpc) is 3.07. The molecule has 1 saturated heterocycles. The summed E-state index contributed by atoms with van der Waals surface area (Å²) in [5, 5.41) is 0. The first kappa shape index (κ1) is 15.1. The maximum Gasteiger partial charge on any atom is 0.137 e. The van der Waals surface area contributed by atoms with E-state index in [0.717, 1.165) is 13.2 Å². The highest BCUT2D eigenvalue weighted by atomic mass is 16.5. The van der Waals surface area contributed by atoms with Crippen LogP contribution in [0.3, 0.4) is 0 Å². The molecule has 0 amide bonds. The van der Waals surface area contributed by atoms with Gasteiger partial charge in [-0.1, -0.05) is 91.0 Å². The Hall–Kier alpha value is -2.42. The molecular formula is C22H21NO. The van der Waals surface area contributed by atoms with Crippen LogP contribution in [0.4, 0.5) is 0 Å². The first-order valence-corrected chi connectivity index (χ1v) is 8.43. The maximum absolute atomic E-state index is 6.22. The molecule has 24 heavy (non-hydrogen) atoms. The molecule has 3 aromatic carbocycles. The van der Waals surface area contributed by atoms with Crippen LogP contribution in [0, 0.1) is 0 Å². The molecule has 0 aliphatic carbocycles. The van der Waals surface area contributed by atoms with Crippen LogP contribution in [-0.2, 0) is 11.3 Å². The summed E-state index contributed by atoms with van der Waals surface area (Å²) < 4.78 is 6.22. The third-order valence-electron chi connectivity index (χ3n) is 4.59. The van der Waals surface area contributed by atoms with Crippen molar-refractivity contribution in [3.63, 3.8) is 0 Å². The summed E-state index contributed by atoms with van der Waals surface area (Å²) in [6, 6.07) is 32.1. The van der Waals surface area contributed by atoms with Gasteiger partial charge in [0.25, 0.3) is 0 Å². The second kappa shape index (κ2) is 7.00. The van der Waals surface area contributed by atoms with E-state index in [-0.39, 0.29) is 12.3 Å². The number of ether oxygens (including phenoxy) is 1. The minimum Gasteiger partial charge on any atom is -0.357 e. The highest BCUT2D eigenvalue weighted by molar-refractivity contribution is 5.25. The second-order valence-electron chi connectivity index (χ2n) is 6.18. The van der Waals surface area contributed by atoms with Gasteiger partial charge in [-0.25, -0.2) is 0 Å². The van der Waals surface area contributed by atoms with Gasteiger partial charge in [0, 0.05) is 6.54 Å². The molecule has 1 fully saturated rings. The predicted octanol–water partition coefficient (Wildman–Crippen LogP) is 4.96. The van der Waals surface area contributed by atoms with E-state index < -0.39 is 0 Å². The number of nitrogens with zero attached hydrogens (tertiary/aromatic N) is 1. The fourth-order valence-corrected chi connectivity index (χ4v) is 3.39. The number of rotatable bonds is 4. The number of benzene rings is 3. The second-order valence-corrected chi connectivity index (χ2v) is 6.18. The van der Waals surface area contributed by atoms with E-state index in [1.807, 2.05) is 0 Å². The van der Waals surface area contributed by atoms with Gasteiger partial charge in [-0.15, -0.1) is 0 Å². The molecule has 2 heteroatoms. The molecule has 1 heterocycles. The van der Waals surface area contributed by atoms with Gasteiger partial charge in [0.15, 0.2) is 0 Å². The van der Waals surface area contributed by atoms with Crippen molar-refractivity contribution in [1.82, 2.24) is 4.90 Å². The lowest BCUT2D eigenvalue weighted by Crippen LogP contribution is -2.26. The fourth-order valence-electron chi connectivity index (χ4n) is 3.39. The van der Waals surface area contributed by atoms with Crippen LogP contribution in [0.2, 0.25) is 0 Å². The Morgan fingerprint density at radius 3 is 1.88 bits per heavy atom. The molecule has 1 aliphatic rings. The molecule has 3 aromatic rings. The Morgan fingerprint density at radius 2 is 1.25 bits per heavy atom. The molecule has 2 atom stereocenters. The molecule has 4 rings (SSSR count). The first-order valence-electron chi connectivity index (χ1n) is 8.43. The maximum atomic E-state index is 6.22. The lowest BCUT2D eigenvalue weighted by atomic mass is 10.0. The van der Waals surface area contributed by atoms with Crippen LogP contribution in [0.15, 0.2) is 91.0 Å². The average molecular weight is 315 g/mol. The first-order chi connectivity index (χ1) is 11.9. The number of hydrogen-bond donors (Lipinski definition) is 0. The summed E-state index contributed by atoms with van der Waals surface area (Å²) in [6.07, 6.45) is -0.00314. The van der Waals surface area contributed by atoms with Crippen LogP contribution in [0.25, 0.3) is 0 Å². The molecular weight excluding hydrogens is 294 g/mol. The highest BCUT2D eigenvalue weighted by Crippen LogP contribution is 2.39. The van der Waals surface area contributed by atoms with Crippen LogP contribution >= 0.6 is 0 Å². The van der Waals surface area contributed by atoms with Crippen molar-refractivity contribution in [3.8, 4) is 0 Å². The minimum atomic E-state index is -0.00314. The van der Waals surface area contributed by atoms with Crippen LogP contribution in [-0.4, -0.2) is 11.5 Å². The van der Waals surface area contributed by atoms with Crippen molar-refractivity contribution in [1.29, 1.82) is 0 Å². The fraction of sp³-hybridized carbons (Fsp3) is 0.182. The third-order valence-corrected chi connectivity index (χ3v) is 4.59. The van der Waals surface area contributed by atoms with E-state index in [2.05, 4.69) is 95.9 Å². The van der Waals surface area contributed by atoms with Crippen molar-refractivity contribution >= 4 is 0 Å². The van der Waals surface area contributed by atoms with Crippen LogP contribution in [0.5, 0.6) is 0 Å². The van der Waals surface area contributed by atoms with E-state index in [0.29, 0.717) is 0 Å². The summed E-state index contributed by atoms with van der Waals surface area (Å²) in [5.74, 6) is 0. The van der Waals surface area contributed by atoms with Crippen molar-refractivity contribution in [2.75, 3.05) is 6.61 Å². The van der Waals surface area contributed by atoms with E-state index in [9.17, 15) is 0 Å². The predicted molar refractivity (Wildman–Crippen MR) is 96.3 cm³/mol. The Morgan fingerprint density at radius 1 is 0.708 bits per heavy atom. The molecule has 0 spiro atoms. The monoisotopic (exact) mass is 315 g/mol. The summed E-state index contributed by atoms with van der Waals surface area (Å²) in [7, 11) is 0. The zero-order valence-electron chi connectivity index (χ0n) is 13.6. The van der Waals surface area contributed by atoms with Crippen molar-refractivity contribution in [2.45, 2.75) is 18.8 Å². The van der Waals surface area contributed by atoms with E-state index in [1.165, 1.54) is 16.7 Å². The molecule has 0 radical (unpaired) electrons. The van der Waals surface area contributed by atoms with Crippen LogP contribution in [0.1, 0.15) is 29.0 Å². The summed E-state index contributed by atoms with van der Waals surface area (Å²) in [6.45, 7) is 1.59. The van der Waals surface area contributed by atoms with Gasteiger partial charge in [0.2, 0.25) is 0 Å². The molecule has 120 valence electrons. The van der Waals surface area contributed by atoms with Gasteiger partial charge in [-0.3, -0.25) is 4.90 Å². The van der Waals surface area contributed by atoms with Gasteiger partial charge in [-0.2, -0.15) is 0 Å². The Balaban J connectivity index is 1.67. The zero-order chi connectivity index (χ0) is 16.2. The standard InChI is InChI=1S/C22H21NO/c1-4-10-18(11-5-1)16-23-21(19-12-6-2-7-13-19)17-24-22(23)20-14-8-3-9-15-20/h1-15,21-22H,16-17H2/t21-,22-/m0/s1. The third kappa shape index (κ3) is 3.12. The zero-order valence-corrected chi connectivity index (χ0v) is 13.6. The molecule has 1 aliphatic heterocycles. The quantitative estimate of drug-likeness (QED) is 0.675.